The summed E-state index contributed by atoms with van der Waals surface area (Å²) >= 11 is 3.59. The first kappa shape index (κ1) is 15.9. The van der Waals surface area contributed by atoms with Gasteiger partial charge in [-0.25, -0.2) is 0 Å². The molecule has 0 fully saturated rings. The summed E-state index contributed by atoms with van der Waals surface area (Å²) in [6.45, 7) is 7.84. The summed E-state index contributed by atoms with van der Waals surface area (Å²) in [5.74, 6) is 1.10. The van der Waals surface area contributed by atoms with Crippen molar-refractivity contribution in [3.05, 3.63) is 46.2 Å². The standard InChI is InChI=1S/C16H19BrN6/c1-11(2)9-22-15(17)14(8-18-22)16-19-21-23(20-16)10-13-6-4-5-12(3)7-13/h4-8,11H,9-10H2,1-3H3. The van der Waals surface area contributed by atoms with E-state index in [0.29, 0.717) is 18.3 Å². The van der Waals surface area contributed by atoms with Crippen LogP contribution < -0.4 is 0 Å². The Kier molecular flexibility index (Phi) is 4.56. The molecule has 0 aliphatic heterocycles. The lowest BCUT2D eigenvalue weighted by atomic mass is 10.1. The molecule has 23 heavy (non-hydrogen) atoms. The molecular formula is C16H19BrN6. The van der Waals surface area contributed by atoms with Crippen molar-refractivity contribution in [2.24, 2.45) is 5.92 Å². The highest BCUT2D eigenvalue weighted by Crippen LogP contribution is 2.25. The molecule has 0 saturated heterocycles. The number of tetrazole rings is 1. The van der Waals surface area contributed by atoms with Crippen molar-refractivity contribution < 1.29 is 0 Å². The second-order valence-electron chi connectivity index (χ2n) is 6.06. The number of aryl methyl sites for hydroxylation is 1. The van der Waals surface area contributed by atoms with Gasteiger partial charge < -0.3 is 0 Å². The van der Waals surface area contributed by atoms with Gasteiger partial charge in [0.15, 0.2) is 0 Å². The van der Waals surface area contributed by atoms with Crippen LogP contribution in [0.4, 0.5) is 0 Å². The molecule has 3 aromatic rings. The fraction of sp³-hybridized carbons (Fsp3) is 0.375. The molecule has 6 nitrogen and oxygen atoms in total. The van der Waals surface area contributed by atoms with Crippen molar-refractivity contribution in [1.82, 2.24) is 30.0 Å². The van der Waals surface area contributed by atoms with Crippen LogP contribution in [0.5, 0.6) is 0 Å². The zero-order valence-electron chi connectivity index (χ0n) is 13.4. The number of aromatic nitrogens is 6. The van der Waals surface area contributed by atoms with Crippen LogP contribution in [0.25, 0.3) is 11.4 Å². The van der Waals surface area contributed by atoms with E-state index in [-0.39, 0.29) is 0 Å². The van der Waals surface area contributed by atoms with Crippen molar-refractivity contribution in [3.63, 3.8) is 0 Å². The molecule has 7 heteroatoms. The molecule has 0 saturated carbocycles. The summed E-state index contributed by atoms with van der Waals surface area (Å²) in [6.07, 6.45) is 1.78. The van der Waals surface area contributed by atoms with Gasteiger partial charge in [0.05, 0.1) is 18.3 Å². The fourth-order valence-electron chi connectivity index (χ4n) is 2.39. The van der Waals surface area contributed by atoms with Crippen molar-refractivity contribution in [2.45, 2.75) is 33.9 Å². The molecule has 0 radical (unpaired) electrons. The molecule has 1 aromatic carbocycles. The van der Waals surface area contributed by atoms with Crippen LogP contribution in [0.1, 0.15) is 25.0 Å². The first-order valence-electron chi connectivity index (χ1n) is 7.58. The molecule has 2 aromatic heterocycles. The van der Waals surface area contributed by atoms with Gasteiger partial charge in [0, 0.05) is 6.54 Å². The van der Waals surface area contributed by atoms with Crippen molar-refractivity contribution in [1.29, 1.82) is 0 Å². The van der Waals surface area contributed by atoms with E-state index < -0.39 is 0 Å². The molecule has 0 N–H and O–H groups in total. The van der Waals surface area contributed by atoms with Gasteiger partial charge in [-0.1, -0.05) is 43.7 Å². The predicted octanol–water partition coefficient (Wildman–Crippen LogP) is 3.31. The Morgan fingerprint density at radius 2 is 2.09 bits per heavy atom. The second-order valence-corrected chi connectivity index (χ2v) is 6.81. The number of rotatable bonds is 5. The lowest BCUT2D eigenvalue weighted by Gasteiger charge is -2.05. The Morgan fingerprint density at radius 1 is 1.26 bits per heavy atom. The van der Waals surface area contributed by atoms with Gasteiger partial charge in [0.2, 0.25) is 5.82 Å². The van der Waals surface area contributed by atoms with Gasteiger partial charge in [0.25, 0.3) is 0 Å². The Hall–Kier alpha value is -2.02. The van der Waals surface area contributed by atoms with Crippen LogP contribution in [0, 0.1) is 12.8 Å². The minimum absolute atomic E-state index is 0.518. The highest BCUT2D eigenvalue weighted by atomic mass is 79.9. The number of benzene rings is 1. The maximum absolute atomic E-state index is 4.47. The Balaban J connectivity index is 1.81. The van der Waals surface area contributed by atoms with Crippen molar-refractivity contribution >= 4 is 15.9 Å². The summed E-state index contributed by atoms with van der Waals surface area (Å²) in [5.41, 5.74) is 3.24. The molecule has 3 rings (SSSR count). The van der Waals surface area contributed by atoms with Gasteiger partial charge in [0.1, 0.15) is 4.60 Å². The Labute approximate surface area is 143 Å². The topological polar surface area (TPSA) is 61.4 Å². The van der Waals surface area contributed by atoms with E-state index in [1.807, 2.05) is 10.7 Å². The third-order valence-corrected chi connectivity index (χ3v) is 4.25. The molecule has 0 bridgehead atoms. The summed E-state index contributed by atoms with van der Waals surface area (Å²) in [7, 11) is 0. The van der Waals surface area contributed by atoms with Crippen LogP contribution in [-0.2, 0) is 13.1 Å². The third-order valence-electron chi connectivity index (χ3n) is 3.41. The zero-order valence-corrected chi connectivity index (χ0v) is 15.0. The van der Waals surface area contributed by atoms with E-state index in [2.05, 4.69) is 75.4 Å². The minimum Gasteiger partial charge on any atom is -0.257 e. The Morgan fingerprint density at radius 3 is 2.83 bits per heavy atom. The van der Waals surface area contributed by atoms with Crippen LogP contribution >= 0.6 is 15.9 Å². The lowest BCUT2D eigenvalue weighted by Crippen LogP contribution is -2.06. The van der Waals surface area contributed by atoms with Crippen molar-refractivity contribution in [3.8, 4) is 11.4 Å². The first-order chi connectivity index (χ1) is 11.0. The lowest BCUT2D eigenvalue weighted by molar-refractivity contribution is 0.476. The smallest absolute Gasteiger partial charge is 0.209 e. The minimum atomic E-state index is 0.518. The third kappa shape index (κ3) is 3.67. The first-order valence-corrected chi connectivity index (χ1v) is 8.37. The maximum Gasteiger partial charge on any atom is 0.209 e. The van der Waals surface area contributed by atoms with Gasteiger partial charge in [-0.05, 0) is 39.5 Å². The maximum atomic E-state index is 4.47. The molecule has 0 atom stereocenters. The summed E-state index contributed by atoms with van der Waals surface area (Å²) in [4.78, 5) is 1.61. The number of nitrogens with zero attached hydrogens (tertiary/aromatic N) is 6. The number of halogens is 1. The molecule has 0 amide bonds. The normalized spacial score (nSPS) is 11.3. The van der Waals surface area contributed by atoms with Gasteiger partial charge in [-0.3, -0.25) is 4.68 Å². The Bertz CT molecular complexity index is 805. The van der Waals surface area contributed by atoms with Gasteiger partial charge in [-0.2, -0.15) is 9.90 Å². The highest BCUT2D eigenvalue weighted by Gasteiger charge is 2.15. The molecule has 0 spiro atoms. The van der Waals surface area contributed by atoms with E-state index in [9.17, 15) is 0 Å². The number of hydrogen-bond acceptors (Lipinski definition) is 4. The average molecular weight is 375 g/mol. The van der Waals surface area contributed by atoms with Gasteiger partial charge >= 0.3 is 0 Å². The van der Waals surface area contributed by atoms with E-state index in [4.69, 9.17) is 0 Å². The van der Waals surface area contributed by atoms with E-state index in [1.54, 1.807) is 11.0 Å². The van der Waals surface area contributed by atoms with Gasteiger partial charge in [-0.15, -0.1) is 10.2 Å². The van der Waals surface area contributed by atoms with E-state index in [0.717, 1.165) is 22.3 Å². The summed E-state index contributed by atoms with van der Waals surface area (Å²) in [5, 5.41) is 17.2. The number of hydrogen-bond donors (Lipinski definition) is 0. The van der Waals surface area contributed by atoms with Crippen molar-refractivity contribution in [2.75, 3.05) is 0 Å². The molecule has 0 aliphatic carbocycles. The largest absolute Gasteiger partial charge is 0.257 e. The molecule has 2 heterocycles. The van der Waals surface area contributed by atoms with Crippen LogP contribution in [-0.4, -0.2) is 30.0 Å². The highest BCUT2D eigenvalue weighted by molar-refractivity contribution is 9.10. The summed E-state index contributed by atoms with van der Waals surface area (Å²) in [6, 6.07) is 8.30. The van der Waals surface area contributed by atoms with Crippen LogP contribution in [0.15, 0.2) is 35.1 Å². The SMILES string of the molecule is Cc1cccc(Cn2nnc(-c3cnn(CC(C)C)c3Br)n2)c1. The van der Waals surface area contributed by atoms with E-state index in [1.165, 1.54) is 5.56 Å². The quantitative estimate of drug-likeness (QED) is 0.687. The fourth-order valence-corrected chi connectivity index (χ4v) is 2.90. The molecule has 120 valence electrons. The van der Waals surface area contributed by atoms with E-state index >= 15 is 0 Å². The average Bonchev–Trinajstić information content (AvgIpc) is 3.07. The molecule has 0 unspecified atom stereocenters. The monoisotopic (exact) mass is 374 g/mol. The molecular weight excluding hydrogens is 356 g/mol. The van der Waals surface area contributed by atoms with Crippen LogP contribution in [0.2, 0.25) is 0 Å². The predicted molar refractivity (Wildman–Crippen MR) is 91.9 cm³/mol. The van der Waals surface area contributed by atoms with Crippen LogP contribution in [0.3, 0.4) is 0 Å². The second kappa shape index (κ2) is 6.62. The summed E-state index contributed by atoms with van der Waals surface area (Å²) < 4.78 is 2.81. The molecule has 0 aliphatic rings. The zero-order chi connectivity index (χ0) is 16.4.